The van der Waals surface area contributed by atoms with E-state index in [0.29, 0.717) is 6.10 Å². The van der Waals surface area contributed by atoms with Gasteiger partial charge in [-0.25, -0.2) is 0 Å². The van der Waals surface area contributed by atoms with E-state index in [1.54, 1.807) is 0 Å². The van der Waals surface area contributed by atoms with Crippen molar-refractivity contribution in [1.82, 2.24) is 4.90 Å². The summed E-state index contributed by atoms with van der Waals surface area (Å²) in [6, 6.07) is 0. The predicted octanol–water partition coefficient (Wildman–Crippen LogP) is 6.19. The Balaban J connectivity index is 1.36. The van der Waals surface area contributed by atoms with Gasteiger partial charge in [0.25, 0.3) is 0 Å². The minimum absolute atomic E-state index is 0.524. The number of morpholine rings is 1. The van der Waals surface area contributed by atoms with Crippen molar-refractivity contribution in [1.29, 1.82) is 0 Å². The Bertz CT molecular complexity index is 329. The van der Waals surface area contributed by atoms with Gasteiger partial charge in [-0.05, 0) is 31.2 Å². The van der Waals surface area contributed by atoms with Crippen molar-refractivity contribution < 1.29 is 4.74 Å². The zero-order chi connectivity index (χ0) is 17.2. The van der Waals surface area contributed by atoms with E-state index >= 15 is 0 Å². The number of hydrogen-bond acceptors (Lipinski definition) is 2. The highest BCUT2D eigenvalue weighted by atomic mass is 16.5. The lowest BCUT2D eigenvalue weighted by molar-refractivity contribution is -0.0420. The third-order valence-corrected chi connectivity index (χ3v) is 7.12. The quantitative estimate of drug-likeness (QED) is 0.587. The minimum Gasteiger partial charge on any atom is -0.376 e. The number of rotatable bonds is 5. The normalized spacial score (nSPS) is 29.5. The molecule has 0 N–H and O–H groups in total. The predicted molar refractivity (Wildman–Crippen MR) is 107 cm³/mol. The molecule has 1 aliphatic heterocycles. The molecule has 2 nitrogen and oxygen atoms in total. The van der Waals surface area contributed by atoms with Crippen LogP contribution in [0.3, 0.4) is 0 Å². The van der Waals surface area contributed by atoms with E-state index in [2.05, 4.69) is 4.90 Å². The van der Waals surface area contributed by atoms with Gasteiger partial charge in [0, 0.05) is 13.1 Å². The van der Waals surface area contributed by atoms with E-state index in [4.69, 9.17) is 4.74 Å². The van der Waals surface area contributed by atoms with Gasteiger partial charge < -0.3 is 4.74 Å². The van der Waals surface area contributed by atoms with Crippen LogP contribution in [0.15, 0.2) is 0 Å². The van der Waals surface area contributed by atoms with Crippen molar-refractivity contribution >= 4 is 0 Å². The first-order valence-electron chi connectivity index (χ1n) is 11.7. The van der Waals surface area contributed by atoms with E-state index in [1.165, 1.54) is 122 Å². The average Bonchev–Trinajstić information content (AvgIpc) is 2.57. The standard InChI is InChI=1S/C23H43NO/c1-3-7-11-21(12-8-4-1)15-16-24-17-18-25-23(20-24)19-22-13-9-5-2-6-10-14-22/h21-23H,1-20H2/t23-/m1/s1. The molecule has 3 fully saturated rings. The Kier molecular flexibility index (Phi) is 9.13. The monoisotopic (exact) mass is 349 g/mol. The molecule has 0 radical (unpaired) electrons. The summed E-state index contributed by atoms with van der Waals surface area (Å²) in [5.74, 6) is 1.95. The molecule has 2 aliphatic carbocycles. The number of nitrogens with zero attached hydrogens (tertiary/aromatic N) is 1. The number of hydrogen-bond donors (Lipinski definition) is 0. The van der Waals surface area contributed by atoms with Gasteiger partial charge in [0.15, 0.2) is 0 Å². The van der Waals surface area contributed by atoms with Crippen LogP contribution in [0, 0.1) is 11.8 Å². The highest BCUT2D eigenvalue weighted by molar-refractivity contribution is 4.77. The number of ether oxygens (including phenoxy) is 1. The zero-order valence-corrected chi connectivity index (χ0v) is 16.7. The maximum Gasteiger partial charge on any atom is 0.0705 e. The van der Waals surface area contributed by atoms with Crippen LogP contribution in [-0.2, 0) is 4.74 Å². The second-order valence-electron chi connectivity index (χ2n) is 9.24. The van der Waals surface area contributed by atoms with Gasteiger partial charge in [0.05, 0.1) is 12.7 Å². The van der Waals surface area contributed by atoms with Gasteiger partial charge in [-0.15, -0.1) is 0 Å². The molecular formula is C23H43NO. The first kappa shape index (κ1) is 19.7. The molecule has 1 saturated heterocycles. The first-order valence-corrected chi connectivity index (χ1v) is 11.7. The summed E-state index contributed by atoms with van der Waals surface area (Å²) in [5, 5.41) is 0. The highest BCUT2D eigenvalue weighted by Crippen LogP contribution is 2.28. The summed E-state index contributed by atoms with van der Waals surface area (Å²) < 4.78 is 6.17. The molecule has 25 heavy (non-hydrogen) atoms. The van der Waals surface area contributed by atoms with Crippen LogP contribution in [0.4, 0.5) is 0 Å². The maximum absolute atomic E-state index is 6.17. The molecule has 146 valence electrons. The lowest BCUT2D eigenvalue weighted by Gasteiger charge is -2.35. The van der Waals surface area contributed by atoms with E-state index in [9.17, 15) is 0 Å². The fourth-order valence-electron chi connectivity index (χ4n) is 5.47. The van der Waals surface area contributed by atoms with Crippen LogP contribution >= 0.6 is 0 Å². The van der Waals surface area contributed by atoms with Crippen molar-refractivity contribution in [2.24, 2.45) is 11.8 Å². The molecule has 2 heteroatoms. The molecule has 3 aliphatic rings. The first-order chi connectivity index (χ1) is 12.4. The zero-order valence-electron chi connectivity index (χ0n) is 16.7. The molecule has 0 aromatic carbocycles. The lowest BCUT2D eigenvalue weighted by atomic mass is 9.87. The minimum atomic E-state index is 0.524. The molecular weight excluding hydrogens is 306 g/mol. The molecule has 3 rings (SSSR count). The second-order valence-corrected chi connectivity index (χ2v) is 9.24. The fourth-order valence-corrected chi connectivity index (χ4v) is 5.47. The third kappa shape index (κ3) is 7.59. The van der Waals surface area contributed by atoms with Crippen LogP contribution in [0.25, 0.3) is 0 Å². The van der Waals surface area contributed by atoms with E-state index in [0.717, 1.165) is 18.4 Å². The Morgan fingerprint density at radius 3 is 1.88 bits per heavy atom. The second kappa shape index (κ2) is 11.6. The molecule has 0 bridgehead atoms. The Morgan fingerprint density at radius 1 is 0.680 bits per heavy atom. The topological polar surface area (TPSA) is 12.5 Å². The van der Waals surface area contributed by atoms with E-state index in [-0.39, 0.29) is 0 Å². The molecule has 1 atom stereocenters. The molecule has 0 aromatic rings. The van der Waals surface area contributed by atoms with Gasteiger partial charge in [-0.1, -0.05) is 89.9 Å². The van der Waals surface area contributed by atoms with Crippen molar-refractivity contribution in [2.45, 2.75) is 109 Å². The van der Waals surface area contributed by atoms with E-state index < -0.39 is 0 Å². The van der Waals surface area contributed by atoms with Gasteiger partial charge in [0.1, 0.15) is 0 Å². The molecule has 0 spiro atoms. The largest absolute Gasteiger partial charge is 0.376 e. The summed E-state index contributed by atoms with van der Waals surface area (Å²) >= 11 is 0. The van der Waals surface area contributed by atoms with Crippen molar-refractivity contribution in [2.75, 3.05) is 26.2 Å². The summed E-state index contributed by atoms with van der Waals surface area (Å²) in [7, 11) is 0. The Hall–Kier alpha value is -0.0800. The maximum atomic E-state index is 6.17. The molecule has 2 saturated carbocycles. The van der Waals surface area contributed by atoms with Crippen molar-refractivity contribution in [3.05, 3.63) is 0 Å². The van der Waals surface area contributed by atoms with Crippen LogP contribution in [0.5, 0.6) is 0 Å². The van der Waals surface area contributed by atoms with Crippen molar-refractivity contribution in [3.8, 4) is 0 Å². The van der Waals surface area contributed by atoms with Crippen LogP contribution in [0.2, 0.25) is 0 Å². The van der Waals surface area contributed by atoms with Gasteiger partial charge in [-0.3, -0.25) is 4.90 Å². The summed E-state index contributed by atoms with van der Waals surface area (Å²) in [5.41, 5.74) is 0. The third-order valence-electron chi connectivity index (χ3n) is 7.12. The van der Waals surface area contributed by atoms with Gasteiger partial charge in [0.2, 0.25) is 0 Å². The van der Waals surface area contributed by atoms with E-state index in [1.807, 2.05) is 0 Å². The highest BCUT2D eigenvalue weighted by Gasteiger charge is 2.24. The van der Waals surface area contributed by atoms with Crippen LogP contribution in [-0.4, -0.2) is 37.2 Å². The molecule has 0 amide bonds. The Labute approximate surface area is 157 Å². The summed E-state index contributed by atoms with van der Waals surface area (Å²) in [4.78, 5) is 2.73. The lowest BCUT2D eigenvalue weighted by Crippen LogP contribution is -2.43. The summed E-state index contributed by atoms with van der Waals surface area (Å²) in [6.45, 7) is 4.69. The fraction of sp³-hybridized carbons (Fsp3) is 1.00. The van der Waals surface area contributed by atoms with Crippen LogP contribution in [0.1, 0.15) is 103 Å². The molecule has 0 aromatic heterocycles. The smallest absolute Gasteiger partial charge is 0.0705 e. The van der Waals surface area contributed by atoms with Gasteiger partial charge >= 0.3 is 0 Å². The molecule has 0 unspecified atom stereocenters. The molecule has 1 heterocycles. The summed E-state index contributed by atoms with van der Waals surface area (Å²) in [6.07, 6.45) is 24.0. The average molecular weight is 350 g/mol. The van der Waals surface area contributed by atoms with Crippen molar-refractivity contribution in [3.63, 3.8) is 0 Å². The Morgan fingerprint density at radius 2 is 1.24 bits per heavy atom. The SMILES string of the molecule is C1CCCC(CCN2CCO[C@H](CC3CCCCCCC3)C2)CCC1. The van der Waals surface area contributed by atoms with Gasteiger partial charge in [-0.2, -0.15) is 0 Å². The van der Waals surface area contributed by atoms with Crippen LogP contribution < -0.4 is 0 Å².